The largest absolute Gasteiger partial charge is 0.469 e. The average Bonchev–Trinajstić information content (AvgIpc) is 3.11. The second kappa shape index (κ2) is 5.43. The fourth-order valence-electron chi connectivity index (χ4n) is 4.58. The number of hydrogen-bond donors (Lipinski definition) is 0. The van der Waals surface area contributed by atoms with Gasteiger partial charge in [-0.1, -0.05) is 6.42 Å². The molecule has 1 aromatic carbocycles. The number of ether oxygens (including phenoxy) is 1. The van der Waals surface area contributed by atoms with Gasteiger partial charge in [-0.25, -0.2) is 4.39 Å². The second-order valence-corrected chi connectivity index (χ2v) is 7.06. The van der Waals surface area contributed by atoms with Gasteiger partial charge in [-0.05, 0) is 49.9 Å². The number of fused-ring (bicyclic) bond motifs is 2. The van der Waals surface area contributed by atoms with Crippen LogP contribution in [0.15, 0.2) is 24.3 Å². The SMILES string of the molecule is COC(=O)C12CCCC1CN(c1cc(C)nc3ccc(F)cc13)C2. The molecule has 2 unspecified atom stereocenters. The number of halogens is 1. The van der Waals surface area contributed by atoms with E-state index in [0.717, 1.165) is 48.1 Å². The number of aryl methyl sites for hydroxylation is 1. The summed E-state index contributed by atoms with van der Waals surface area (Å²) in [6.45, 7) is 3.39. The highest BCUT2D eigenvalue weighted by Gasteiger charge is 2.55. The molecule has 2 aromatic rings. The normalized spacial score (nSPS) is 26.0. The number of carbonyl (C=O) groups is 1. The van der Waals surface area contributed by atoms with E-state index in [4.69, 9.17) is 4.74 Å². The van der Waals surface area contributed by atoms with Crippen molar-refractivity contribution in [2.75, 3.05) is 25.1 Å². The number of methoxy groups -OCH3 is 1. The number of rotatable bonds is 2. The van der Waals surface area contributed by atoms with Gasteiger partial charge in [-0.2, -0.15) is 0 Å². The molecule has 2 atom stereocenters. The molecule has 1 aliphatic heterocycles. The van der Waals surface area contributed by atoms with Crippen molar-refractivity contribution in [1.82, 2.24) is 4.98 Å². The lowest BCUT2D eigenvalue weighted by Gasteiger charge is -2.26. The van der Waals surface area contributed by atoms with Gasteiger partial charge in [0.25, 0.3) is 0 Å². The van der Waals surface area contributed by atoms with Crippen LogP contribution in [-0.2, 0) is 9.53 Å². The summed E-state index contributed by atoms with van der Waals surface area (Å²) >= 11 is 0. The highest BCUT2D eigenvalue weighted by molar-refractivity contribution is 5.93. The number of hydrogen-bond acceptors (Lipinski definition) is 4. The minimum atomic E-state index is -0.411. The summed E-state index contributed by atoms with van der Waals surface area (Å²) in [7, 11) is 1.47. The Bertz CT molecular complexity index is 822. The van der Waals surface area contributed by atoms with E-state index in [-0.39, 0.29) is 11.8 Å². The summed E-state index contributed by atoms with van der Waals surface area (Å²) in [5.41, 5.74) is 2.24. The lowest BCUT2D eigenvalue weighted by molar-refractivity contribution is -0.152. The van der Waals surface area contributed by atoms with Crippen LogP contribution in [0.2, 0.25) is 0 Å². The molecule has 5 heteroatoms. The Kier molecular flexibility index (Phi) is 3.48. The number of nitrogens with zero attached hydrogens (tertiary/aromatic N) is 2. The standard InChI is InChI=1S/C19H21FN2O2/c1-12-8-17(15-9-14(20)5-6-16(15)21-12)22-10-13-4-3-7-19(13,11-22)18(23)24-2/h5-6,8-9,13H,3-4,7,10-11H2,1-2H3. The minimum Gasteiger partial charge on any atom is -0.469 e. The van der Waals surface area contributed by atoms with Gasteiger partial charge >= 0.3 is 5.97 Å². The van der Waals surface area contributed by atoms with Gasteiger partial charge in [-0.3, -0.25) is 9.78 Å². The Balaban J connectivity index is 1.79. The van der Waals surface area contributed by atoms with E-state index in [1.165, 1.54) is 19.2 Å². The summed E-state index contributed by atoms with van der Waals surface area (Å²) in [4.78, 5) is 19.2. The van der Waals surface area contributed by atoms with Crippen LogP contribution in [0.4, 0.5) is 10.1 Å². The number of aromatic nitrogens is 1. The second-order valence-electron chi connectivity index (χ2n) is 7.06. The number of benzene rings is 1. The highest BCUT2D eigenvalue weighted by Crippen LogP contribution is 2.51. The summed E-state index contributed by atoms with van der Waals surface area (Å²) in [5, 5.41) is 0.806. The lowest BCUT2D eigenvalue weighted by Crippen LogP contribution is -2.37. The molecule has 2 aliphatic rings. The van der Waals surface area contributed by atoms with E-state index in [9.17, 15) is 9.18 Å². The molecular weight excluding hydrogens is 307 g/mol. The zero-order valence-electron chi connectivity index (χ0n) is 14.0. The number of carbonyl (C=O) groups excluding carboxylic acids is 1. The van der Waals surface area contributed by atoms with E-state index < -0.39 is 5.41 Å². The van der Waals surface area contributed by atoms with Gasteiger partial charge in [-0.15, -0.1) is 0 Å². The van der Waals surface area contributed by atoms with Crippen molar-refractivity contribution in [2.45, 2.75) is 26.2 Å². The number of pyridine rings is 1. The van der Waals surface area contributed by atoms with Crippen LogP contribution in [-0.4, -0.2) is 31.2 Å². The third-order valence-electron chi connectivity index (χ3n) is 5.68. The van der Waals surface area contributed by atoms with Crippen LogP contribution in [0, 0.1) is 24.1 Å². The first-order valence-corrected chi connectivity index (χ1v) is 8.44. The van der Waals surface area contributed by atoms with E-state index in [2.05, 4.69) is 9.88 Å². The van der Waals surface area contributed by atoms with Crippen LogP contribution in [0.25, 0.3) is 10.9 Å². The molecule has 2 heterocycles. The number of esters is 1. The maximum atomic E-state index is 13.8. The Morgan fingerprint density at radius 1 is 1.42 bits per heavy atom. The summed E-state index contributed by atoms with van der Waals surface area (Å²) in [5.74, 6) is -0.0627. The van der Waals surface area contributed by atoms with Crippen molar-refractivity contribution >= 4 is 22.6 Å². The molecule has 1 aromatic heterocycles. The minimum absolute atomic E-state index is 0.103. The molecule has 0 bridgehead atoms. The first kappa shape index (κ1) is 15.4. The van der Waals surface area contributed by atoms with E-state index in [1.54, 1.807) is 6.07 Å². The molecule has 24 heavy (non-hydrogen) atoms. The van der Waals surface area contributed by atoms with Crippen molar-refractivity contribution in [3.8, 4) is 0 Å². The summed E-state index contributed by atoms with van der Waals surface area (Å²) in [6, 6.07) is 6.69. The van der Waals surface area contributed by atoms with E-state index >= 15 is 0 Å². The number of anilines is 1. The molecule has 0 N–H and O–H groups in total. The van der Waals surface area contributed by atoms with Gasteiger partial charge < -0.3 is 9.64 Å². The average molecular weight is 328 g/mol. The van der Waals surface area contributed by atoms with Crippen molar-refractivity contribution in [3.63, 3.8) is 0 Å². The summed E-state index contributed by atoms with van der Waals surface area (Å²) < 4.78 is 18.9. The van der Waals surface area contributed by atoms with Crippen LogP contribution < -0.4 is 4.90 Å². The van der Waals surface area contributed by atoms with Crippen LogP contribution in [0.1, 0.15) is 25.0 Å². The maximum absolute atomic E-state index is 13.8. The Hall–Kier alpha value is -2.17. The van der Waals surface area contributed by atoms with E-state index in [0.29, 0.717) is 12.5 Å². The zero-order chi connectivity index (χ0) is 16.9. The molecule has 1 aliphatic carbocycles. The lowest BCUT2D eigenvalue weighted by atomic mass is 9.81. The fourth-order valence-corrected chi connectivity index (χ4v) is 4.58. The first-order valence-electron chi connectivity index (χ1n) is 8.44. The molecule has 2 fully saturated rings. The van der Waals surface area contributed by atoms with Crippen molar-refractivity contribution < 1.29 is 13.9 Å². The van der Waals surface area contributed by atoms with Gasteiger partial charge in [0.05, 0.1) is 18.0 Å². The van der Waals surface area contributed by atoms with E-state index in [1.807, 2.05) is 13.0 Å². The Labute approximate surface area is 140 Å². The monoisotopic (exact) mass is 328 g/mol. The maximum Gasteiger partial charge on any atom is 0.313 e. The Morgan fingerprint density at radius 2 is 2.25 bits per heavy atom. The highest BCUT2D eigenvalue weighted by atomic mass is 19.1. The van der Waals surface area contributed by atoms with Gasteiger partial charge in [0.15, 0.2) is 0 Å². The summed E-state index contributed by atoms with van der Waals surface area (Å²) in [6.07, 6.45) is 2.98. The first-order chi connectivity index (χ1) is 11.5. The van der Waals surface area contributed by atoms with Crippen molar-refractivity contribution in [2.24, 2.45) is 11.3 Å². The molecule has 0 amide bonds. The predicted molar refractivity (Wildman–Crippen MR) is 90.4 cm³/mol. The molecular formula is C19H21FN2O2. The molecule has 126 valence electrons. The third kappa shape index (κ3) is 2.18. The van der Waals surface area contributed by atoms with Gasteiger partial charge in [0.2, 0.25) is 0 Å². The van der Waals surface area contributed by atoms with Crippen molar-refractivity contribution in [1.29, 1.82) is 0 Å². The smallest absolute Gasteiger partial charge is 0.313 e. The zero-order valence-corrected chi connectivity index (χ0v) is 14.0. The quantitative estimate of drug-likeness (QED) is 0.792. The fraction of sp³-hybridized carbons (Fsp3) is 0.474. The molecule has 1 saturated carbocycles. The predicted octanol–water partition coefficient (Wildman–Crippen LogP) is 3.46. The van der Waals surface area contributed by atoms with Crippen LogP contribution in [0.3, 0.4) is 0 Å². The van der Waals surface area contributed by atoms with Gasteiger partial charge in [0.1, 0.15) is 5.82 Å². The van der Waals surface area contributed by atoms with Gasteiger partial charge in [0, 0.05) is 29.9 Å². The molecule has 4 nitrogen and oxygen atoms in total. The van der Waals surface area contributed by atoms with Crippen molar-refractivity contribution in [3.05, 3.63) is 35.8 Å². The topological polar surface area (TPSA) is 42.4 Å². The van der Waals surface area contributed by atoms with Crippen LogP contribution in [0.5, 0.6) is 0 Å². The Morgan fingerprint density at radius 3 is 3.04 bits per heavy atom. The molecule has 0 radical (unpaired) electrons. The third-order valence-corrected chi connectivity index (χ3v) is 5.68. The van der Waals surface area contributed by atoms with Crippen LogP contribution >= 0.6 is 0 Å². The molecule has 4 rings (SSSR count). The molecule has 1 saturated heterocycles. The molecule has 0 spiro atoms.